The molecule has 208 valence electrons. The number of amides is 1. The summed E-state index contributed by atoms with van der Waals surface area (Å²) in [6.45, 7) is 7.50. The van der Waals surface area contributed by atoms with Gasteiger partial charge in [-0.1, -0.05) is 32.4 Å². The Morgan fingerprint density at radius 1 is 1.03 bits per heavy atom. The molecule has 1 amide bonds. The smallest absolute Gasteiger partial charge is 0.306 e. The minimum absolute atomic E-state index is 0.136. The first kappa shape index (κ1) is 27.2. The van der Waals surface area contributed by atoms with Gasteiger partial charge in [0.15, 0.2) is 0 Å². The van der Waals surface area contributed by atoms with Crippen molar-refractivity contribution in [2.75, 3.05) is 7.05 Å². The van der Waals surface area contributed by atoms with Crippen molar-refractivity contribution in [1.29, 1.82) is 0 Å². The van der Waals surface area contributed by atoms with E-state index in [4.69, 9.17) is 0 Å². The first-order valence-electron chi connectivity index (χ1n) is 15.4. The van der Waals surface area contributed by atoms with Crippen molar-refractivity contribution in [2.24, 2.45) is 46.3 Å². The van der Waals surface area contributed by atoms with Gasteiger partial charge >= 0.3 is 5.97 Å². The predicted octanol–water partition coefficient (Wildman–Crippen LogP) is 6.44. The molecule has 5 aliphatic rings. The van der Waals surface area contributed by atoms with Gasteiger partial charge in [-0.25, -0.2) is 0 Å². The number of carboxylic acids is 1. The Morgan fingerprint density at radius 2 is 1.76 bits per heavy atom. The van der Waals surface area contributed by atoms with E-state index in [-0.39, 0.29) is 24.0 Å². The van der Waals surface area contributed by atoms with Crippen LogP contribution < -0.4 is 0 Å². The fourth-order valence-corrected chi connectivity index (χ4v) is 10.3. The molecule has 0 aromatic carbocycles. The van der Waals surface area contributed by atoms with Crippen LogP contribution in [-0.2, 0) is 9.59 Å². The van der Waals surface area contributed by atoms with Crippen molar-refractivity contribution in [3.8, 4) is 0 Å². The maximum atomic E-state index is 13.1. The van der Waals surface area contributed by atoms with Gasteiger partial charge in [0.05, 0.1) is 12.0 Å². The van der Waals surface area contributed by atoms with Crippen LogP contribution in [0.4, 0.5) is 0 Å². The Bertz CT molecular complexity index is 906. The summed E-state index contributed by atoms with van der Waals surface area (Å²) >= 11 is 0. The van der Waals surface area contributed by atoms with Gasteiger partial charge < -0.3 is 15.1 Å². The van der Waals surface area contributed by atoms with Crippen LogP contribution in [0, 0.1) is 46.3 Å². The van der Waals surface area contributed by atoms with Gasteiger partial charge in [0.2, 0.25) is 5.91 Å². The lowest BCUT2D eigenvalue weighted by Gasteiger charge is -2.58. The molecule has 5 aliphatic carbocycles. The summed E-state index contributed by atoms with van der Waals surface area (Å²) < 4.78 is 0. The second-order valence-electron chi connectivity index (χ2n) is 14.2. The van der Waals surface area contributed by atoms with Crippen LogP contribution in [0.1, 0.15) is 111 Å². The number of carbonyl (C=O) groups excluding carboxylic acids is 1. The highest BCUT2D eigenvalue weighted by molar-refractivity contribution is 5.76. The number of nitrogens with zero attached hydrogens (tertiary/aromatic N) is 1. The van der Waals surface area contributed by atoms with E-state index < -0.39 is 5.97 Å². The third-order valence-electron chi connectivity index (χ3n) is 12.6. The lowest BCUT2D eigenvalue weighted by Crippen LogP contribution is -2.50. The van der Waals surface area contributed by atoms with Gasteiger partial charge in [-0.05, 0) is 124 Å². The molecule has 0 aromatic rings. The molecule has 0 aliphatic heterocycles. The summed E-state index contributed by atoms with van der Waals surface area (Å²) in [6, 6.07) is 0.202. The van der Waals surface area contributed by atoms with Gasteiger partial charge in [0.1, 0.15) is 0 Å². The number of rotatable bonds is 6. The van der Waals surface area contributed by atoms with Crippen LogP contribution in [0.25, 0.3) is 0 Å². The summed E-state index contributed by atoms with van der Waals surface area (Å²) in [5, 5.41) is 19.6. The van der Waals surface area contributed by atoms with E-state index in [1.54, 1.807) is 5.57 Å². The predicted molar refractivity (Wildman–Crippen MR) is 146 cm³/mol. The Labute approximate surface area is 224 Å². The third kappa shape index (κ3) is 4.80. The van der Waals surface area contributed by atoms with Gasteiger partial charge in [-0.2, -0.15) is 0 Å². The van der Waals surface area contributed by atoms with Crippen LogP contribution in [0.2, 0.25) is 0 Å². The van der Waals surface area contributed by atoms with E-state index >= 15 is 0 Å². The maximum absolute atomic E-state index is 13.1. The monoisotopic (exact) mass is 513 g/mol. The summed E-state index contributed by atoms with van der Waals surface area (Å²) in [7, 11) is 1.93. The third-order valence-corrected chi connectivity index (χ3v) is 12.6. The normalized spacial score (nSPS) is 44.1. The number of allylic oxidation sites excluding steroid dienone is 1. The number of fused-ring (bicyclic) bond motifs is 5. The molecule has 0 aromatic heterocycles. The zero-order valence-corrected chi connectivity index (χ0v) is 23.8. The zero-order chi connectivity index (χ0) is 26.5. The molecule has 4 saturated carbocycles. The lowest BCUT2D eigenvalue weighted by molar-refractivity contribution is -0.143. The highest BCUT2D eigenvalue weighted by Crippen LogP contribution is 2.67. The molecule has 5 nitrogen and oxygen atoms in total. The second-order valence-corrected chi connectivity index (χ2v) is 14.2. The number of carbonyl (C=O) groups is 2. The quantitative estimate of drug-likeness (QED) is 0.400. The fraction of sp³-hybridized carbons (Fsp3) is 0.875. The van der Waals surface area contributed by atoms with E-state index in [0.29, 0.717) is 41.9 Å². The van der Waals surface area contributed by atoms with Crippen LogP contribution in [-0.4, -0.2) is 46.2 Å². The number of hydrogen-bond acceptors (Lipinski definition) is 3. The minimum atomic E-state index is -0.685. The van der Waals surface area contributed by atoms with Crippen molar-refractivity contribution in [3.63, 3.8) is 0 Å². The van der Waals surface area contributed by atoms with Crippen molar-refractivity contribution in [3.05, 3.63) is 11.6 Å². The number of aliphatic hydroxyl groups is 1. The molecule has 4 fully saturated rings. The minimum Gasteiger partial charge on any atom is -0.481 e. The Kier molecular flexibility index (Phi) is 7.59. The largest absolute Gasteiger partial charge is 0.481 e. The van der Waals surface area contributed by atoms with Gasteiger partial charge in [-0.15, -0.1) is 0 Å². The van der Waals surface area contributed by atoms with Crippen molar-refractivity contribution in [1.82, 2.24) is 4.90 Å². The van der Waals surface area contributed by atoms with E-state index in [1.807, 2.05) is 11.9 Å². The molecule has 5 rings (SSSR count). The van der Waals surface area contributed by atoms with Crippen LogP contribution in [0.15, 0.2) is 11.6 Å². The first-order chi connectivity index (χ1) is 17.5. The standard InChI is InChI=1S/C32H51NO4/c1-20(5-14-29(35)33(4)23-9-6-21(7-10-23)30(36)37)26-12-13-27-25-11-8-22-19-24(34)15-17-31(22,2)28(25)16-18-32(26,27)3/h8,20-21,23-28,34H,5-7,9-19H2,1-4H3,(H,36,37)/t20-,21?,23?,24+,25+,26-,27+,28+,31+,32-/m1/s1. The molecular weight excluding hydrogens is 462 g/mol. The molecule has 2 N–H and O–H groups in total. The summed E-state index contributed by atoms with van der Waals surface area (Å²) in [6.07, 6.45) is 16.5. The van der Waals surface area contributed by atoms with Crippen molar-refractivity contribution >= 4 is 11.9 Å². The van der Waals surface area contributed by atoms with Gasteiger partial charge in [-0.3, -0.25) is 9.59 Å². The molecule has 8 atom stereocenters. The highest BCUT2D eigenvalue weighted by Gasteiger charge is 2.59. The van der Waals surface area contributed by atoms with Crippen LogP contribution >= 0.6 is 0 Å². The second kappa shape index (κ2) is 10.3. The summed E-state index contributed by atoms with van der Waals surface area (Å²) in [5.41, 5.74) is 2.24. The fourth-order valence-electron chi connectivity index (χ4n) is 10.3. The van der Waals surface area contributed by atoms with Crippen molar-refractivity contribution in [2.45, 2.75) is 123 Å². The Balaban J connectivity index is 1.18. The van der Waals surface area contributed by atoms with Crippen molar-refractivity contribution < 1.29 is 19.8 Å². The number of carboxylic acid groups (broad SMARTS) is 1. The summed E-state index contributed by atoms with van der Waals surface area (Å²) in [4.78, 5) is 26.3. The van der Waals surface area contributed by atoms with Crippen LogP contribution in [0.5, 0.6) is 0 Å². The molecule has 0 bridgehead atoms. The molecule has 0 spiro atoms. The van der Waals surface area contributed by atoms with Crippen LogP contribution in [0.3, 0.4) is 0 Å². The van der Waals surface area contributed by atoms with Gasteiger partial charge in [0.25, 0.3) is 0 Å². The van der Waals surface area contributed by atoms with E-state index in [9.17, 15) is 19.8 Å². The summed E-state index contributed by atoms with van der Waals surface area (Å²) in [5.74, 6) is 2.94. The molecule has 0 radical (unpaired) electrons. The SMILES string of the molecule is C[C@H](CCC(=O)N(C)C1CCC(C(=O)O)CC1)[C@H]1CC[C@H]2[C@@H]3CC=C4C[C@@H](O)CC[C@]4(C)[C@H]3CC[C@]12C. The molecule has 0 heterocycles. The highest BCUT2D eigenvalue weighted by atomic mass is 16.4. The molecule has 0 saturated heterocycles. The number of aliphatic carboxylic acids is 1. The van der Waals surface area contributed by atoms with Gasteiger partial charge in [0, 0.05) is 19.5 Å². The average Bonchev–Trinajstić information content (AvgIpc) is 3.24. The number of aliphatic hydroxyl groups excluding tert-OH is 1. The number of hydrogen-bond donors (Lipinski definition) is 2. The van der Waals surface area contributed by atoms with E-state index in [2.05, 4.69) is 26.8 Å². The zero-order valence-electron chi connectivity index (χ0n) is 23.8. The molecule has 5 heteroatoms. The lowest BCUT2D eigenvalue weighted by atomic mass is 9.47. The molecular formula is C32H51NO4. The topological polar surface area (TPSA) is 77.8 Å². The first-order valence-corrected chi connectivity index (χ1v) is 15.4. The Hall–Kier alpha value is -1.36. The van der Waals surface area contributed by atoms with E-state index in [1.165, 1.54) is 32.1 Å². The Morgan fingerprint density at radius 3 is 2.46 bits per heavy atom. The molecule has 37 heavy (non-hydrogen) atoms. The molecule has 0 unspecified atom stereocenters. The van der Waals surface area contributed by atoms with E-state index in [0.717, 1.165) is 56.3 Å². The maximum Gasteiger partial charge on any atom is 0.306 e. The average molecular weight is 514 g/mol.